The fraction of sp³-hybridized carbons (Fsp3) is 0.0909. The molecule has 6 heteroatoms. The van der Waals surface area contributed by atoms with Crippen molar-refractivity contribution in [1.29, 1.82) is 0 Å². The molecule has 4 aromatic rings. The summed E-state index contributed by atoms with van der Waals surface area (Å²) in [5.41, 5.74) is 3.81. The van der Waals surface area contributed by atoms with Crippen LogP contribution >= 0.6 is 23.2 Å². The van der Waals surface area contributed by atoms with Gasteiger partial charge in [0, 0.05) is 11.1 Å². The van der Waals surface area contributed by atoms with Gasteiger partial charge in [-0.3, -0.25) is 0 Å². The Labute approximate surface area is 172 Å². The first-order valence-electron chi connectivity index (χ1n) is 8.66. The van der Waals surface area contributed by atoms with Crippen LogP contribution in [0.1, 0.15) is 11.1 Å². The van der Waals surface area contributed by atoms with Crippen molar-refractivity contribution in [2.45, 2.75) is 13.5 Å². The maximum absolute atomic E-state index is 6.05. The fourth-order valence-corrected chi connectivity index (χ4v) is 3.00. The van der Waals surface area contributed by atoms with Crippen LogP contribution in [0.5, 0.6) is 5.75 Å². The average Bonchev–Trinajstić information content (AvgIpc) is 3.20. The Morgan fingerprint density at radius 2 is 1.71 bits per heavy atom. The molecule has 0 fully saturated rings. The van der Waals surface area contributed by atoms with Crippen LogP contribution in [0.25, 0.3) is 22.8 Å². The average molecular weight is 411 g/mol. The SMILES string of the molecule is Cc1ccc(-c2noc(-c3cccc(OCc4ccc(Cl)c(Cl)c4)c3)n2)cc1. The third-order valence-corrected chi connectivity index (χ3v) is 4.95. The Morgan fingerprint density at radius 3 is 2.50 bits per heavy atom. The lowest BCUT2D eigenvalue weighted by Crippen LogP contribution is -1.95. The van der Waals surface area contributed by atoms with Gasteiger partial charge in [-0.05, 0) is 42.8 Å². The monoisotopic (exact) mass is 410 g/mol. The van der Waals surface area contributed by atoms with Crippen molar-refractivity contribution in [3.05, 3.63) is 87.9 Å². The summed E-state index contributed by atoms with van der Waals surface area (Å²) in [5, 5.41) is 5.11. The number of aryl methyl sites for hydroxylation is 1. The van der Waals surface area contributed by atoms with Gasteiger partial charge in [0.2, 0.25) is 5.82 Å². The lowest BCUT2D eigenvalue weighted by molar-refractivity contribution is 0.306. The highest BCUT2D eigenvalue weighted by molar-refractivity contribution is 6.42. The van der Waals surface area contributed by atoms with Crippen LogP contribution in [0.15, 0.2) is 71.3 Å². The number of ether oxygens (including phenoxy) is 1. The Kier molecular flexibility index (Phi) is 5.33. The van der Waals surface area contributed by atoms with E-state index in [0.717, 1.165) is 16.7 Å². The van der Waals surface area contributed by atoms with E-state index >= 15 is 0 Å². The molecule has 0 amide bonds. The Bertz CT molecular complexity index is 1110. The third-order valence-electron chi connectivity index (χ3n) is 4.21. The van der Waals surface area contributed by atoms with Gasteiger partial charge in [-0.25, -0.2) is 0 Å². The van der Waals surface area contributed by atoms with Gasteiger partial charge in [0.25, 0.3) is 5.89 Å². The maximum Gasteiger partial charge on any atom is 0.258 e. The zero-order valence-corrected chi connectivity index (χ0v) is 16.5. The number of hydrogen-bond acceptors (Lipinski definition) is 4. The summed E-state index contributed by atoms with van der Waals surface area (Å²) in [4.78, 5) is 4.50. The molecule has 1 aromatic heterocycles. The minimum absolute atomic E-state index is 0.374. The molecule has 0 unspecified atom stereocenters. The zero-order chi connectivity index (χ0) is 19.5. The summed E-state index contributed by atoms with van der Waals surface area (Å²) in [7, 11) is 0. The highest BCUT2D eigenvalue weighted by Crippen LogP contribution is 2.27. The van der Waals surface area contributed by atoms with Crippen LogP contribution in [0, 0.1) is 6.92 Å². The third kappa shape index (κ3) is 4.19. The first kappa shape index (κ1) is 18.5. The minimum Gasteiger partial charge on any atom is -0.489 e. The number of nitrogens with zero attached hydrogens (tertiary/aromatic N) is 2. The quantitative estimate of drug-likeness (QED) is 0.371. The van der Waals surface area contributed by atoms with E-state index in [-0.39, 0.29) is 0 Å². The highest BCUT2D eigenvalue weighted by atomic mass is 35.5. The van der Waals surface area contributed by atoms with E-state index in [1.54, 1.807) is 12.1 Å². The van der Waals surface area contributed by atoms with Gasteiger partial charge in [0.15, 0.2) is 0 Å². The van der Waals surface area contributed by atoms with Gasteiger partial charge in [0.05, 0.1) is 10.0 Å². The van der Waals surface area contributed by atoms with Crippen LogP contribution in [0.3, 0.4) is 0 Å². The standard InChI is InChI=1S/C22H16Cl2N2O2/c1-14-5-8-16(9-6-14)21-25-22(28-26-21)17-3-2-4-18(12-17)27-13-15-7-10-19(23)20(24)11-15/h2-12H,13H2,1H3. The predicted octanol–water partition coefficient (Wildman–Crippen LogP) is 6.60. The zero-order valence-electron chi connectivity index (χ0n) is 15.0. The van der Waals surface area contributed by atoms with E-state index in [4.69, 9.17) is 32.5 Å². The number of aromatic nitrogens is 2. The van der Waals surface area contributed by atoms with Crippen molar-refractivity contribution in [1.82, 2.24) is 10.1 Å². The molecule has 28 heavy (non-hydrogen) atoms. The van der Waals surface area contributed by atoms with Gasteiger partial charge in [0.1, 0.15) is 12.4 Å². The molecule has 0 aliphatic heterocycles. The van der Waals surface area contributed by atoms with Crippen LogP contribution in [-0.4, -0.2) is 10.1 Å². The van der Waals surface area contributed by atoms with Gasteiger partial charge in [-0.2, -0.15) is 4.98 Å². The summed E-state index contributed by atoms with van der Waals surface area (Å²) in [6.45, 7) is 2.41. The Morgan fingerprint density at radius 1 is 0.893 bits per heavy atom. The predicted molar refractivity (Wildman–Crippen MR) is 111 cm³/mol. The second-order valence-electron chi connectivity index (χ2n) is 6.35. The number of halogens is 2. The normalized spacial score (nSPS) is 10.8. The summed E-state index contributed by atoms with van der Waals surface area (Å²) in [6, 6.07) is 20.9. The summed E-state index contributed by atoms with van der Waals surface area (Å²) >= 11 is 12.0. The van der Waals surface area contributed by atoms with E-state index < -0.39 is 0 Å². The van der Waals surface area contributed by atoms with Crippen molar-refractivity contribution in [2.24, 2.45) is 0 Å². The Balaban J connectivity index is 1.50. The van der Waals surface area contributed by atoms with Crippen molar-refractivity contribution in [3.8, 4) is 28.6 Å². The summed E-state index contributed by atoms with van der Waals surface area (Å²) in [5.74, 6) is 1.69. The topological polar surface area (TPSA) is 48.2 Å². The molecule has 4 rings (SSSR count). The molecule has 1 heterocycles. The van der Waals surface area contributed by atoms with Crippen molar-refractivity contribution < 1.29 is 9.26 Å². The van der Waals surface area contributed by atoms with Crippen LogP contribution in [0.2, 0.25) is 10.0 Å². The highest BCUT2D eigenvalue weighted by Gasteiger charge is 2.11. The molecule has 0 saturated heterocycles. The smallest absolute Gasteiger partial charge is 0.258 e. The fourth-order valence-electron chi connectivity index (χ4n) is 2.68. The number of rotatable bonds is 5. The molecule has 0 atom stereocenters. The minimum atomic E-state index is 0.374. The lowest BCUT2D eigenvalue weighted by Gasteiger charge is -2.08. The lowest BCUT2D eigenvalue weighted by atomic mass is 10.1. The second-order valence-corrected chi connectivity index (χ2v) is 7.17. The molecule has 3 aromatic carbocycles. The molecule has 0 saturated carbocycles. The van der Waals surface area contributed by atoms with Crippen molar-refractivity contribution in [2.75, 3.05) is 0 Å². The van der Waals surface area contributed by atoms with Gasteiger partial charge in [-0.15, -0.1) is 0 Å². The maximum atomic E-state index is 6.05. The van der Waals surface area contributed by atoms with Gasteiger partial charge in [-0.1, -0.05) is 70.3 Å². The number of benzene rings is 3. The second kappa shape index (κ2) is 8.05. The van der Waals surface area contributed by atoms with Crippen LogP contribution in [-0.2, 0) is 6.61 Å². The van der Waals surface area contributed by atoms with Crippen molar-refractivity contribution in [3.63, 3.8) is 0 Å². The molecule has 0 bridgehead atoms. The molecular formula is C22H16Cl2N2O2. The molecule has 0 N–H and O–H groups in total. The molecule has 0 spiro atoms. The van der Waals surface area contributed by atoms with E-state index in [9.17, 15) is 0 Å². The summed E-state index contributed by atoms with van der Waals surface area (Å²) < 4.78 is 11.3. The number of hydrogen-bond donors (Lipinski definition) is 0. The van der Waals surface area contributed by atoms with E-state index in [1.165, 1.54) is 5.56 Å². The molecule has 0 aliphatic carbocycles. The van der Waals surface area contributed by atoms with Crippen molar-refractivity contribution >= 4 is 23.2 Å². The first-order chi connectivity index (χ1) is 13.6. The van der Waals surface area contributed by atoms with Gasteiger partial charge < -0.3 is 9.26 Å². The molecule has 4 nitrogen and oxygen atoms in total. The largest absolute Gasteiger partial charge is 0.489 e. The van der Waals surface area contributed by atoms with Crippen LogP contribution in [0.4, 0.5) is 0 Å². The first-order valence-corrected chi connectivity index (χ1v) is 9.42. The van der Waals surface area contributed by atoms with Gasteiger partial charge >= 0.3 is 0 Å². The molecule has 0 aliphatic rings. The Hall–Kier alpha value is -2.82. The summed E-state index contributed by atoms with van der Waals surface area (Å²) in [6.07, 6.45) is 0. The van der Waals surface area contributed by atoms with E-state index in [2.05, 4.69) is 10.1 Å². The molecule has 140 valence electrons. The van der Waals surface area contributed by atoms with E-state index in [1.807, 2.05) is 61.5 Å². The van der Waals surface area contributed by atoms with Crippen LogP contribution < -0.4 is 4.74 Å². The van der Waals surface area contributed by atoms with E-state index in [0.29, 0.717) is 34.1 Å². The molecule has 0 radical (unpaired) electrons. The molecular weight excluding hydrogens is 395 g/mol.